The Bertz CT molecular complexity index is 950. The molecule has 1 amide bonds. The Balaban J connectivity index is 1.67. The van der Waals surface area contributed by atoms with Crippen LogP contribution in [0.15, 0.2) is 47.4 Å². The van der Waals surface area contributed by atoms with Gasteiger partial charge in [-0.05, 0) is 60.9 Å². The Kier molecular flexibility index (Phi) is 5.67. The standard InChI is InChI=1S/C18H17ClF2N2O3S/c19-13-3-8-16-12(10-13)2-1-9-23(16)11-17(24)22-14-4-6-15(7-5-14)27(25,26)18(20)21/h3-8,10,18H,1-2,9,11H2,(H,22,24). The third kappa shape index (κ3) is 4.39. The van der Waals surface area contributed by atoms with Crippen LogP contribution in [0.3, 0.4) is 0 Å². The third-order valence-corrected chi connectivity index (χ3v) is 5.93. The number of carbonyl (C=O) groups excluding carboxylic acids is 1. The van der Waals surface area contributed by atoms with Gasteiger partial charge < -0.3 is 10.2 Å². The van der Waals surface area contributed by atoms with Crippen LogP contribution < -0.4 is 10.2 Å². The van der Waals surface area contributed by atoms with Crippen molar-refractivity contribution in [3.8, 4) is 0 Å². The van der Waals surface area contributed by atoms with E-state index in [9.17, 15) is 22.0 Å². The van der Waals surface area contributed by atoms with Crippen molar-refractivity contribution in [2.45, 2.75) is 23.5 Å². The largest absolute Gasteiger partial charge is 0.362 e. The molecule has 1 aliphatic rings. The van der Waals surface area contributed by atoms with Crippen LogP contribution in [0.25, 0.3) is 0 Å². The van der Waals surface area contributed by atoms with Crippen molar-refractivity contribution in [3.05, 3.63) is 53.1 Å². The number of hydrogen-bond acceptors (Lipinski definition) is 4. The molecule has 0 aromatic heterocycles. The first-order valence-corrected chi connectivity index (χ1v) is 10.1. The molecule has 3 rings (SSSR count). The molecule has 27 heavy (non-hydrogen) atoms. The topological polar surface area (TPSA) is 66.5 Å². The summed E-state index contributed by atoms with van der Waals surface area (Å²) in [7, 11) is -4.65. The van der Waals surface area contributed by atoms with Gasteiger partial charge in [-0.3, -0.25) is 4.79 Å². The summed E-state index contributed by atoms with van der Waals surface area (Å²) in [5, 5.41) is 3.30. The molecular formula is C18H17ClF2N2O3S. The van der Waals surface area contributed by atoms with Gasteiger partial charge in [0.1, 0.15) is 0 Å². The molecule has 0 radical (unpaired) electrons. The van der Waals surface area contributed by atoms with E-state index in [-0.39, 0.29) is 12.5 Å². The van der Waals surface area contributed by atoms with Crippen LogP contribution >= 0.6 is 11.6 Å². The number of sulfone groups is 1. The van der Waals surface area contributed by atoms with Crippen molar-refractivity contribution >= 4 is 38.7 Å². The number of aryl methyl sites for hydroxylation is 1. The number of fused-ring (bicyclic) bond motifs is 1. The number of benzene rings is 2. The lowest BCUT2D eigenvalue weighted by molar-refractivity contribution is -0.115. The van der Waals surface area contributed by atoms with Gasteiger partial charge in [-0.15, -0.1) is 0 Å². The summed E-state index contributed by atoms with van der Waals surface area (Å²) in [5.74, 6) is -3.77. The van der Waals surface area contributed by atoms with Crippen LogP contribution in [0.4, 0.5) is 20.2 Å². The molecular weight excluding hydrogens is 398 g/mol. The highest BCUT2D eigenvalue weighted by molar-refractivity contribution is 7.91. The van der Waals surface area contributed by atoms with Crippen molar-refractivity contribution in [1.29, 1.82) is 0 Å². The zero-order valence-corrected chi connectivity index (χ0v) is 15.7. The average Bonchev–Trinajstić information content (AvgIpc) is 2.62. The molecule has 0 fully saturated rings. The summed E-state index contributed by atoms with van der Waals surface area (Å²) < 4.78 is 47.9. The maximum absolute atomic E-state index is 12.5. The van der Waals surface area contributed by atoms with E-state index in [1.54, 1.807) is 6.07 Å². The summed E-state index contributed by atoms with van der Waals surface area (Å²) in [6, 6.07) is 10.2. The van der Waals surface area contributed by atoms with Crippen LogP contribution in [0.2, 0.25) is 5.02 Å². The van der Waals surface area contributed by atoms with Crippen LogP contribution in [-0.4, -0.2) is 33.2 Å². The number of amides is 1. The quantitative estimate of drug-likeness (QED) is 0.809. The number of carbonyl (C=O) groups is 1. The minimum Gasteiger partial charge on any atom is -0.362 e. The minimum absolute atomic E-state index is 0.117. The van der Waals surface area contributed by atoms with Gasteiger partial charge in [-0.1, -0.05) is 11.6 Å². The van der Waals surface area contributed by atoms with E-state index < -0.39 is 20.5 Å². The second-order valence-electron chi connectivity index (χ2n) is 6.18. The Hall–Kier alpha value is -2.19. The molecule has 0 saturated heterocycles. The SMILES string of the molecule is O=C(CN1CCCc2cc(Cl)ccc21)Nc1ccc(S(=O)(=O)C(F)F)cc1. The summed E-state index contributed by atoms with van der Waals surface area (Å²) in [6.45, 7) is 0.847. The third-order valence-electron chi connectivity index (χ3n) is 4.29. The van der Waals surface area contributed by atoms with E-state index in [4.69, 9.17) is 11.6 Å². The molecule has 0 unspecified atom stereocenters. The van der Waals surface area contributed by atoms with Gasteiger partial charge in [-0.2, -0.15) is 8.78 Å². The number of nitrogens with one attached hydrogen (secondary N) is 1. The normalized spacial score (nSPS) is 14.1. The van der Waals surface area contributed by atoms with Crippen molar-refractivity contribution in [2.24, 2.45) is 0 Å². The highest BCUT2D eigenvalue weighted by atomic mass is 35.5. The first-order valence-electron chi connectivity index (χ1n) is 8.23. The molecule has 5 nitrogen and oxygen atoms in total. The maximum atomic E-state index is 12.5. The molecule has 1 N–H and O–H groups in total. The van der Waals surface area contributed by atoms with Crippen LogP contribution in [0.1, 0.15) is 12.0 Å². The number of anilines is 2. The van der Waals surface area contributed by atoms with Crippen LogP contribution in [-0.2, 0) is 21.1 Å². The molecule has 0 aliphatic carbocycles. The van der Waals surface area contributed by atoms with Gasteiger partial charge in [0, 0.05) is 22.9 Å². The summed E-state index contributed by atoms with van der Waals surface area (Å²) >= 11 is 6.01. The molecule has 2 aromatic rings. The molecule has 9 heteroatoms. The van der Waals surface area contributed by atoms with E-state index in [1.807, 2.05) is 17.0 Å². The molecule has 1 aliphatic heterocycles. The van der Waals surface area contributed by atoms with Crippen molar-refractivity contribution in [2.75, 3.05) is 23.3 Å². The first kappa shape index (κ1) is 19.6. The fraction of sp³-hybridized carbons (Fsp3) is 0.278. The zero-order chi connectivity index (χ0) is 19.6. The molecule has 0 atom stereocenters. The average molecular weight is 415 g/mol. The number of halogens is 3. The van der Waals surface area contributed by atoms with E-state index in [0.29, 0.717) is 10.7 Å². The molecule has 2 aromatic carbocycles. The van der Waals surface area contributed by atoms with Crippen LogP contribution in [0.5, 0.6) is 0 Å². The van der Waals surface area contributed by atoms with Gasteiger partial charge in [0.2, 0.25) is 15.7 Å². The Labute approximate surface area is 160 Å². The first-order chi connectivity index (χ1) is 12.8. The number of alkyl halides is 2. The van der Waals surface area contributed by atoms with Gasteiger partial charge in [0.25, 0.3) is 0 Å². The van der Waals surface area contributed by atoms with Crippen LogP contribution in [0, 0.1) is 0 Å². The lowest BCUT2D eigenvalue weighted by atomic mass is 10.0. The molecule has 0 spiro atoms. The lowest BCUT2D eigenvalue weighted by Gasteiger charge is -2.30. The second-order valence-corrected chi connectivity index (χ2v) is 8.53. The van der Waals surface area contributed by atoms with Gasteiger partial charge in [0.05, 0.1) is 11.4 Å². The summed E-state index contributed by atoms with van der Waals surface area (Å²) in [5.41, 5.74) is 2.38. The van der Waals surface area contributed by atoms with E-state index in [1.165, 1.54) is 12.1 Å². The fourth-order valence-corrected chi connectivity index (χ4v) is 3.93. The predicted octanol–water partition coefficient (Wildman–Crippen LogP) is 3.73. The van der Waals surface area contributed by atoms with Crippen molar-refractivity contribution in [3.63, 3.8) is 0 Å². The van der Waals surface area contributed by atoms with Crippen molar-refractivity contribution in [1.82, 2.24) is 0 Å². The van der Waals surface area contributed by atoms with Gasteiger partial charge in [0.15, 0.2) is 0 Å². The Morgan fingerprint density at radius 1 is 1.19 bits per heavy atom. The number of hydrogen-bond donors (Lipinski definition) is 1. The molecule has 144 valence electrons. The fourth-order valence-electron chi connectivity index (χ4n) is 3.01. The Morgan fingerprint density at radius 3 is 2.56 bits per heavy atom. The second kappa shape index (κ2) is 7.82. The van der Waals surface area contributed by atoms with E-state index in [0.717, 1.165) is 42.8 Å². The summed E-state index contributed by atoms with van der Waals surface area (Å²) in [4.78, 5) is 13.8. The van der Waals surface area contributed by atoms with Crippen molar-refractivity contribution < 1.29 is 22.0 Å². The van der Waals surface area contributed by atoms with E-state index in [2.05, 4.69) is 5.32 Å². The molecule has 0 saturated carbocycles. The molecule has 1 heterocycles. The minimum atomic E-state index is -4.65. The van der Waals surface area contributed by atoms with Gasteiger partial charge >= 0.3 is 5.76 Å². The van der Waals surface area contributed by atoms with Gasteiger partial charge in [-0.25, -0.2) is 8.42 Å². The highest BCUT2D eigenvalue weighted by Gasteiger charge is 2.26. The molecule has 0 bridgehead atoms. The summed E-state index contributed by atoms with van der Waals surface area (Å²) in [6.07, 6.45) is 1.80. The number of rotatable bonds is 5. The predicted molar refractivity (Wildman–Crippen MR) is 100 cm³/mol. The number of nitrogens with zero attached hydrogens (tertiary/aromatic N) is 1. The monoisotopic (exact) mass is 414 g/mol. The maximum Gasteiger partial charge on any atom is 0.341 e. The Morgan fingerprint density at radius 2 is 1.89 bits per heavy atom. The zero-order valence-electron chi connectivity index (χ0n) is 14.2. The van der Waals surface area contributed by atoms with E-state index >= 15 is 0 Å². The lowest BCUT2D eigenvalue weighted by Crippen LogP contribution is -2.36. The highest BCUT2D eigenvalue weighted by Crippen LogP contribution is 2.29. The smallest absolute Gasteiger partial charge is 0.341 e.